The van der Waals surface area contributed by atoms with Gasteiger partial charge < -0.3 is 19.7 Å². The Hall–Kier alpha value is -3.56. The third-order valence-electron chi connectivity index (χ3n) is 4.24. The van der Waals surface area contributed by atoms with E-state index < -0.39 is 18.0 Å². The molecule has 1 aliphatic heterocycles. The first-order chi connectivity index (χ1) is 14.1. The summed E-state index contributed by atoms with van der Waals surface area (Å²) in [5.41, 5.74) is 1.09. The van der Waals surface area contributed by atoms with E-state index in [0.717, 1.165) is 12.1 Å². The van der Waals surface area contributed by atoms with Crippen LogP contribution in [0, 0.1) is 0 Å². The number of nitrogens with one attached hydrogen (secondary N) is 1. The van der Waals surface area contributed by atoms with Crippen LogP contribution < -0.4 is 19.7 Å². The molecular formula is C20H17F3N2O5. The second-order valence-corrected chi connectivity index (χ2v) is 6.44. The Bertz CT molecular complexity index is 973. The van der Waals surface area contributed by atoms with E-state index in [1.807, 2.05) is 0 Å². The molecule has 0 atom stereocenters. The zero-order valence-electron chi connectivity index (χ0n) is 15.8. The van der Waals surface area contributed by atoms with Crippen molar-refractivity contribution in [1.82, 2.24) is 0 Å². The standard InChI is InChI=1S/C20H17F3N2O5/c1-12(26)13-2-7-17-16(10-13)25(19(28)11-29-17)9-8-18(27)24-14-3-5-15(6-4-14)30-20(21,22)23/h2-7,10H,8-9,11H2,1H3,(H,24,27). The maximum atomic E-state index is 12.2. The highest BCUT2D eigenvalue weighted by molar-refractivity contribution is 6.02. The summed E-state index contributed by atoms with van der Waals surface area (Å²) in [4.78, 5) is 37.4. The van der Waals surface area contributed by atoms with Crippen LogP contribution in [0.25, 0.3) is 0 Å². The Morgan fingerprint density at radius 1 is 1.17 bits per heavy atom. The van der Waals surface area contributed by atoms with Crippen LogP contribution >= 0.6 is 0 Å². The quantitative estimate of drug-likeness (QED) is 0.720. The molecule has 30 heavy (non-hydrogen) atoms. The van der Waals surface area contributed by atoms with E-state index in [4.69, 9.17) is 4.74 Å². The number of ether oxygens (including phenoxy) is 2. The van der Waals surface area contributed by atoms with Crippen molar-refractivity contribution in [2.45, 2.75) is 19.7 Å². The van der Waals surface area contributed by atoms with Crippen molar-refractivity contribution in [1.29, 1.82) is 0 Å². The maximum absolute atomic E-state index is 12.2. The zero-order chi connectivity index (χ0) is 21.9. The number of benzene rings is 2. The highest BCUT2D eigenvalue weighted by atomic mass is 19.4. The number of amides is 2. The molecule has 0 aliphatic carbocycles. The number of halogens is 3. The van der Waals surface area contributed by atoms with Crippen LogP contribution in [0.1, 0.15) is 23.7 Å². The maximum Gasteiger partial charge on any atom is 0.573 e. The monoisotopic (exact) mass is 422 g/mol. The lowest BCUT2D eigenvalue weighted by atomic mass is 10.1. The van der Waals surface area contributed by atoms with Crippen molar-refractivity contribution in [2.24, 2.45) is 0 Å². The van der Waals surface area contributed by atoms with Gasteiger partial charge in [-0.05, 0) is 49.4 Å². The molecule has 1 N–H and O–H groups in total. The fourth-order valence-corrected chi connectivity index (χ4v) is 2.84. The molecule has 0 saturated carbocycles. The van der Waals surface area contributed by atoms with Crippen molar-refractivity contribution in [2.75, 3.05) is 23.4 Å². The smallest absolute Gasteiger partial charge is 0.482 e. The van der Waals surface area contributed by atoms with Gasteiger partial charge in [0, 0.05) is 24.2 Å². The number of carbonyl (C=O) groups excluding carboxylic acids is 3. The van der Waals surface area contributed by atoms with Gasteiger partial charge in [0.2, 0.25) is 5.91 Å². The van der Waals surface area contributed by atoms with Gasteiger partial charge in [-0.15, -0.1) is 13.2 Å². The number of fused-ring (bicyclic) bond motifs is 1. The van der Waals surface area contributed by atoms with Gasteiger partial charge in [0.25, 0.3) is 5.91 Å². The highest BCUT2D eigenvalue weighted by Crippen LogP contribution is 2.33. The predicted molar refractivity (Wildman–Crippen MR) is 101 cm³/mol. The summed E-state index contributed by atoms with van der Waals surface area (Å²) in [5, 5.41) is 2.54. The van der Waals surface area contributed by atoms with E-state index in [1.165, 1.54) is 30.0 Å². The third-order valence-corrected chi connectivity index (χ3v) is 4.24. The molecular weight excluding hydrogens is 405 g/mol. The lowest BCUT2D eigenvalue weighted by molar-refractivity contribution is -0.274. The average molecular weight is 422 g/mol. The fraction of sp³-hybridized carbons (Fsp3) is 0.250. The first kappa shape index (κ1) is 21.2. The second kappa shape index (κ2) is 8.44. The van der Waals surface area contributed by atoms with E-state index in [0.29, 0.717) is 17.0 Å². The minimum absolute atomic E-state index is 0.0393. The SMILES string of the molecule is CC(=O)c1ccc2c(c1)N(CCC(=O)Nc1ccc(OC(F)(F)F)cc1)C(=O)CO2. The summed E-state index contributed by atoms with van der Waals surface area (Å²) in [6, 6.07) is 9.42. The normalized spacial score (nSPS) is 13.3. The molecule has 2 aromatic carbocycles. The number of hydrogen-bond acceptors (Lipinski definition) is 5. The minimum Gasteiger partial charge on any atom is -0.482 e. The summed E-state index contributed by atoms with van der Waals surface area (Å²) < 4.78 is 45.7. The molecule has 3 rings (SSSR count). The summed E-state index contributed by atoms with van der Waals surface area (Å²) in [6.07, 6.45) is -4.87. The number of alkyl halides is 3. The molecule has 158 valence electrons. The van der Waals surface area contributed by atoms with Crippen LogP contribution in [-0.2, 0) is 9.59 Å². The van der Waals surface area contributed by atoms with Crippen LogP contribution in [0.3, 0.4) is 0 Å². The Kier molecular flexibility index (Phi) is 5.95. The molecule has 0 aromatic heterocycles. The summed E-state index contributed by atoms with van der Waals surface area (Å²) in [7, 11) is 0. The van der Waals surface area contributed by atoms with Crippen molar-refractivity contribution in [3.8, 4) is 11.5 Å². The number of anilines is 2. The van der Waals surface area contributed by atoms with Crippen LogP contribution in [-0.4, -0.2) is 37.1 Å². The van der Waals surface area contributed by atoms with Gasteiger partial charge in [0.15, 0.2) is 12.4 Å². The van der Waals surface area contributed by atoms with Gasteiger partial charge in [-0.3, -0.25) is 14.4 Å². The van der Waals surface area contributed by atoms with Gasteiger partial charge >= 0.3 is 6.36 Å². The predicted octanol–water partition coefficient (Wildman–Crippen LogP) is 3.54. The minimum atomic E-state index is -4.80. The Balaban J connectivity index is 1.63. The molecule has 0 radical (unpaired) electrons. The number of hydrogen-bond donors (Lipinski definition) is 1. The first-order valence-electron chi connectivity index (χ1n) is 8.86. The molecule has 1 aliphatic rings. The molecule has 0 fully saturated rings. The van der Waals surface area contributed by atoms with Gasteiger partial charge in [0.05, 0.1) is 5.69 Å². The lowest BCUT2D eigenvalue weighted by Gasteiger charge is -2.29. The largest absolute Gasteiger partial charge is 0.573 e. The van der Waals surface area contributed by atoms with E-state index in [-0.39, 0.29) is 37.0 Å². The zero-order valence-corrected chi connectivity index (χ0v) is 15.8. The van der Waals surface area contributed by atoms with Gasteiger partial charge in [-0.1, -0.05) is 0 Å². The summed E-state index contributed by atoms with van der Waals surface area (Å²) >= 11 is 0. The molecule has 0 spiro atoms. The summed E-state index contributed by atoms with van der Waals surface area (Å²) in [6.45, 7) is 1.25. The van der Waals surface area contributed by atoms with Gasteiger partial charge in [-0.25, -0.2) is 0 Å². The van der Waals surface area contributed by atoms with Crippen molar-refractivity contribution < 1.29 is 37.0 Å². The number of rotatable bonds is 6. The molecule has 1 heterocycles. The van der Waals surface area contributed by atoms with Gasteiger partial charge in [0.1, 0.15) is 11.5 Å². The Morgan fingerprint density at radius 2 is 1.87 bits per heavy atom. The molecule has 2 aromatic rings. The lowest BCUT2D eigenvalue weighted by Crippen LogP contribution is -2.40. The molecule has 0 bridgehead atoms. The van der Waals surface area contributed by atoms with Crippen LogP contribution in [0.5, 0.6) is 11.5 Å². The number of carbonyl (C=O) groups is 3. The van der Waals surface area contributed by atoms with E-state index in [9.17, 15) is 27.6 Å². The van der Waals surface area contributed by atoms with Crippen LogP contribution in [0.15, 0.2) is 42.5 Å². The number of nitrogens with zero attached hydrogens (tertiary/aromatic N) is 1. The van der Waals surface area contributed by atoms with Crippen LogP contribution in [0.4, 0.5) is 24.5 Å². The van der Waals surface area contributed by atoms with Crippen molar-refractivity contribution in [3.05, 3.63) is 48.0 Å². The van der Waals surface area contributed by atoms with E-state index in [1.54, 1.807) is 12.1 Å². The topological polar surface area (TPSA) is 84.9 Å². The first-order valence-corrected chi connectivity index (χ1v) is 8.86. The average Bonchev–Trinajstić information content (AvgIpc) is 2.67. The van der Waals surface area contributed by atoms with E-state index in [2.05, 4.69) is 10.1 Å². The fourth-order valence-electron chi connectivity index (χ4n) is 2.84. The molecule has 10 heteroatoms. The molecule has 7 nitrogen and oxygen atoms in total. The molecule has 2 amide bonds. The number of ketones is 1. The van der Waals surface area contributed by atoms with Crippen molar-refractivity contribution in [3.63, 3.8) is 0 Å². The van der Waals surface area contributed by atoms with Gasteiger partial charge in [-0.2, -0.15) is 0 Å². The van der Waals surface area contributed by atoms with Crippen LogP contribution in [0.2, 0.25) is 0 Å². The Labute approximate surface area is 169 Å². The summed E-state index contributed by atoms with van der Waals surface area (Å²) in [5.74, 6) is -0.947. The van der Waals surface area contributed by atoms with E-state index >= 15 is 0 Å². The van der Waals surface area contributed by atoms with Crippen molar-refractivity contribution >= 4 is 29.0 Å². The Morgan fingerprint density at radius 3 is 2.50 bits per heavy atom. The highest BCUT2D eigenvalue weighted by Gasteiger charge is 2.31. The second-order valence-electron chi connectivity index (χ2n) is 6.44. The number of Topliss-reactive ketones (excluding diaryl/α,β-unsaturated/α-hetero) is 1. The molecule has 0 unspecified atom stereocenters. The third kappa shape index (κ3) is 5.28. The molecule has 0 saturated heterocycles.